The first-order valence-corrected chi connectivity index (χ1v) is 17.5. The smallest absolute Gasteiger partial charge is 0 e. The van der Waals surface area contributed by atoms with Crippen LogP contribution in [0.4, 0.5) is 25.2 Å². The molecule has 12 nitrogen and oxygen atoms in total. The molecule has 2 aliphatic heterocycles. The number of aromatic nitrogens is 8. The Balaban J connectivity index is 0.000000224. The molecule has 0 amide bonds. The fourth-order valence-electron chi connectivity index (χ4n) is 4.33. The van der Waals surface area contributed by atoms with Gasteiger partial charge < -0.3 is 19.6 Å². The Bertz CT molecular complexity index is 1520. The average Bonchev–Trinajstić information content (AvgIpc) is 3.88. The molecule has 4 aromatic heterocycles. The fourth-order valence-corrected chi connectivity index (χ4v) is 4.33. The van der Waals surface area contributed by atoms with Crippen LogP contribution in [-0.4, -0.2) is 72.6 Å². The maximum Gasteiger partial charge on any atom is 0 e. The molecule has 0 N–H and O–H groups in total. The van der Waals surface area contributed by atoms with Crippen molar-refractivity contribution in [3.63, 3.8) is 0 Å². The molecular formula is C30H38F6N12PPd-3. The molecule has 0 fully saturated rings. The van der Waals surface area contributed by atoms with E-state index < -0.39 is 7.81 Å². The second kappa shape index (κ2) is 17.2. The van der Waals surface area contributed by atoms with Crippen LogP contribution in [0.3, 0.4) is 0 Å². The van der Waals surface area contributed by atoms with Crippen LogP contribution in [0.2, 0.25) is 0 Å². The van der Waals surface area contributed by atoms with Crippen LogP contribution in [-0.2, 0) is 33.5 Å². The van der Waals surface area contributed by atoms with Gasteiger partial charge in [0.1, 0.15) is 0 Å². The van der Waals surface area contributed by atoms with Crippen LogP contribution >= 0.6 is 7.81 Å². The first-order valence-electron chi connectivity index (χ1n) is 15.5. The number of hydrogen-bond acceptors (Lipinski definition) is 10. The van der Waals surface area contributed by atoms with E-state index in [0.29, 0.717) is 13.1 Å². The zero-order chi connectivity index (χ0) is 35.4. The molecule has 0 aromatic carbocycles. The fraction of sp³-hybridized carbons (Fsp3) is 0.333. The molecule has 0 saturated heterocycles. The van der Waals surface area contributed by atoms with Crippen LogP contribution in [0.5, 0.6) is 0 Å². The molecule has 6 rings (SSSR count). The van der Waals surface area contributed by atoms with Gasteiger partial charge in [0.25, 0.3) is 0 Å². The topological polar surface area (TPSA) is 100 Å². The zero-order valence-corrected chi connectivity index (χ0v) is 29.7. The summed E-state index contributed by atoms with van der Waals surface area (Å²) in [5.74, 6) is 1.56. The molecular weight excluding hydrogens is 780 g/mol. The van der Waals surface area contributed by atoms with Crippen molar-refractivity contribution in [1.29, 1.82) is 0 Å². The van der Waals surface area contributed by atoms with Crippen molar-refractivity contribution in [3.05, 3.63) is 111 Å². The standard InChI is InChI=1S/2C15H19N6.F6P.Pd/c2*1-2-3-8-19-9-10-20(13-19)11-14-12-21(18-17-14)15-6-4-5-7-16-15;1-7(2,3,4,5)6;/h2*4-7,9-10,12-13H,2-3,8,11H2,1H3;;/q3*-1;. The van der Waals surface area contributed by atoms with Crippen molar-refractivity contribution in [3.8, 4) is 11.6 Å². The molecule has 0 spiro atoms. The Morgan fingerprint density at radius 3 is 1.32 bits per heavy atom. The van der Waals surface area contributed by atoms with Gasteiger partial charge in [-0.15, -0.1) is 10.2 Å². The van der Waals surface area contributed by atoms with Crippen molar-refractivity contribution < 1.29 is 45.6 Å². The van der Waals surface area contributed by atoms with E-state index >= 15 is 0 Å². The van der Waals surface area contributed by atoms with E-state index in [-0.39, 0.29) is 20.4 Å². The van der Waals surface area contributed by atoms with Crippen LogP contribution in [0.25, 0.3) is 11.6 Å². The molecule has 0 radical (unpaired) electrons. The largest absolute Gasteiger partial charge is 0 e. The van der Waals surface area contributed by atoms with Crippen molar-refractivity contribution in [2.24, 2.45) is 0 Å². The minimum atomic E-state index is -10.7. The molecule has 20 heteroatoms. The second-order valence-electron chi connectivity index (χ2n) is 11.0. The van der Waals surface area contributed by atoms with Gasteiger partial charge in [-0.1, -0.05) is 49.2 Å². The van der Waals surface area contributed by atoms with E-state index in [2.05, 4.69) is 102 Å². The van der Waals surface area contributed by atoms with Crippen LogP contribution < -0.4 is 0 Å². The van der Waals surface area contributed by atoms with E-state index in [1.807, 2.05) is 48.8 Å². The van der Waals surface area contributed by atoms with E-state index in [9.17, 15) is 25.2 Å². The zero-order valence-electron chi connectivity index (χ0n) is 27.3. The number of halogens is 6. The minimum absolute atomic E-state index is 0. The van der Waals surface area contributed by atoms with E-state index in [0.717, 1.165) is 36.1 Å². The van der Waals surface area contributed by atoms with Gasteiger partial charge in [-0.25, -0.2) is 19.3 Å². The number of pyridine rings is 2. The molecule has 50 heavy (non-hydrogen) atoms. The van der Waals surface area contributed by atoms with E-state index in [1.165, 1.54) is 25.7 Å². The van der Waals surface area contributed by atoms with Gasteiger partial charge in [-0.05, 0) is 75.0 Å². The van der Waals surface area contributed by atoms with Gasteiger partial charge in [-0.3, -0.25) is 0 Å². The van der Waals surface area contributed by atoms with Crippen LogP contribution in [0, 0.1) is 13.3 Å². The Morgan fingerprint density at radius 1 is 0.600 bits per heavy atom. The summed E-state index contributed by atoms with van der Waals surface area (Å²) in [6, 6.07) is 11.5. The Hall–Kier alpha value is -4.07. The summed E-state index contributed by atoms with van der Waals surface area (Å²) in [6.07, 6.45) is 20.5. The number of nitrogens with zero attached hydrogens (tertiary/aromatic N) is 12. The predicted octanol–water partition coefficient (Wildman–Crippen LogP) is 7.72. The van der Waals surface area contributed by atoms with Gasteiger partial charge in [-0.2, -0.15) is 13.3 Å². The third-order valence-electron chi connectivity index (χ3n) is 6.57. The van der Waals surface area contributed by atoms with Crippen LogP contribution in [0.15, 0.2) is 86.0 Å². The monoisotopic (exact) mass is 817 g/mol. The van der Waals surface area contributed by atoms with E-state index in [1.54, 1.807) is 21.8 Å². The number of hydrogen-bond donors (Lipinski definition) is 0. The summed E-state index contributed by atoms with van der Waals surface area (Å²) in [5.41, 5.74) is 1.83. The molecule has 6 heterocycles. The minimum Gasteiger partial charge on any atom is 0 e. The molecule has 0 atom stereocenters. The van der Waals surface area contributed by atoms with Crippen molar-refractivity contribution >= 4 is 7.81 Å². The Labute approximate surface area is 300 Å². The van der Waals surface area contributed by atoms with Crippen molar-refractivity contribution in [1.82, 2.24) is 59.6 Å². The summed E-state index contributed by atoms with van der Waals surface area (Å²) < 4.78 is 62.6. The molecule has 0 saturated carbocycles. The molecule has 4 aromatic rings. The van der Waals surface area contributed by atoms with Gasteiger partial charge in [0.2, 0.25) is 0 Å². The molecule has 0 aliphatic carbocycles. The third-order valence-corrected chi connectivity index (χ3v) is 6.57. The maximum absolute atomic E-state index is 10.7. The summed E-state index contributed by atoms with van der Waals surface area (Å²) in [6.45, 7) is 12.2. The maximum atomic E-state index is 9.87. The summed E-state index contributed by atoms with van der Waals surface area (Å²) >= 11 is 0. The first kappa shape index (κ1) is 40.4. The number of rotatable bonds is 12. The quantitative estimate of drug-likeness (QED) is 0.0612. The predicted molar refractivity (Wildman–Crippen MR) is 173 cm³/mol. The Morgan fingerprint density at radius 2 is 0.980 bits per heavy atom. The summed E-state index contributed by atoms with van der Waals surface area (Å²) in [7, 11) is -10.7. The SMILES string of the molecule is CCCCN1C=CN(Cc2cn(-c3ccccn3)nn2)[CH-]1.CCCCN1C=CN(Cc2cn(-c3ccccn3)nn2)[CH-]1.F[P-](F)(F)(F)(F)F.[Pd]. The molecule has 278 valence electrons. The molecule has 2 aliphatic rings. The van der Waals surface area contributed by atoms with E-state index in [4.69, 9.17) is 0 Å². The van der Waals surface area contributed by atoms with Crippen molar-refractivity contribution in [2.75, 3.05) is 13.1 Å². The van der Waals surface area contributed by atoms with Gasteiger partial charge >= 0.3 is 33.0 Å². The van der Waals surface area contributed by atoms with Crippen molar-refractivity contribution in [2.45, 2.75) is 52.6 Å². The van der Waals surface area contributed by atoms with Gasteiger partial charge in [0.05, 0.1) is 23.8 Å². The summed E-state index contributed by atoms with van der Waals surface area (Å²) in [4.78, 5) is 17.1. The van der Waals surface area contributed by atoms with Gasteiger partial charge in [0, 0.05) is 45.9 Å². The third kappa shape index (κ3) is 15.6. The Kier molecular flexibility index (Phi) is 13.9. The van der Waals surface area contributed by atoms with Gasteiger partial charge in [0.15, 0.2) is 11.6 Å². The summed E-state index contributed by atoms with van der Waals surface area (Å²) in [5, 5.41) is 16.7. The average molecular weight is 818 g/mol. The molecule has 0 bridgehead atoms. The normalized spacial score (nSPS) is 15.1. The molecule has 0 unspecified atom stereocenters. The second-order valence-corrected chi connectivity index (χ2v) is 12.9. The van der Waals surface area contributed by atoms with Crippen LogP contribution in [0.1, 0.15) is 50.9 Å². The number of unbranched alkanes of at least 4 members (excludes halogenated alkanes) is 2. The first-order chi connectivity index (χ1) is 23.1.